The number of nitro groups is 1. The fraction of sp³-hybridized carbons (Fsp3) is 0.167. The number of amides is 2. The van der Waals surface area contributed by atoms with Crippen LogP contribution in [0.15, 0.2) is 60.7 Å². The van der Waals surface area contributed by atoms with Gasteiger partial charge in [-0.25, -0.2) is 0 Å². The third-order valence-corrected chi connectivity index (χ3v) is 5.36. The van der Waals surface area contributed by atoms with E-state index in [1.807, 2.05) is 12.1 Å². The van der Waals surface area contributed by atoms with Crippen molar-refractivity contribution in [2.45, 2.75) is 12.8 Å². The molecule has 2 amide bonds. The van der Waals surface area contributed by atoms with E-state index in [4.69, 9.17) is 4.74 Å². The van der Waals surface area contributed by atoms with Gasteiger partial charge in [-0.3, -0.25) is 34.2 Å². The lowest BCUT2D eigenvalue weighted by Crippen LogP contribution is -2.41. The van der Waals surface area contributed by atoms with Gasteiger partial charge in [0.1, 0.15) is 0 Å². The Kier molecular flexibility index (Phi) is 5.95. The van der Waals surface area contributed by atoms with E-state index in [2.05, 4.69) is 0 Å². The average Bonchev–Trinajstić information content (AvgIpc) is 2.83. The zero-order valence-corrected chi connectivity index (χ0v) is 17.4. The zero-order chi connectivity index (χ0) is 23.5. The minimum absolute atomic E-state index is 0.0241. The first kappa shape index (κ1) is 21.8. The standard InChI is InChI=1S/C24H18N2O7/c27-20(16-7-1-8-17(13-16)26(31)32)14-33-21(28)11-4-12-25-23(29)18-9-2-5-15-6-3-10-19(22(15)18)24(25)30/h1-3,5-10,13H,4,11-12,14H2. The molecule has 9 heteroatoms. The van der Waals surface area contributed by atoms with Crippen LogP contribution in [0.3, 0.4) is 0 Å². The van der Waals surface area contributed by atoms with E-state index < -0.39 is 35.1 Å². The van der Waals surface area contributed by atoms with E-state index in [1.165, 1.54) is 18.2 Å². The second-order valence-electron chi connectivity index (χ2n) is 7.47. The van der Waals surface area contributed by atoms with Gasteiger partial charge in [0.2, 0.25) is 5.78 Å². The summed E-state index contributed by atoms with van der Waals surface area (Å²) in [6.07, 6.45) is 0.0601. The number of nitro benzene ring substituents is 1. The second-order valence-corrected chi connectivity index (χ2v) is 7.47. The molecule has 0 fully saturated rings. The number of rotatable bonds is 8. The highest BCUT2D eigenvalue weighted by molar-refractivity contribution is 6.25. The number of Topliss-reactive ketones (excluding diaryl/α,β-unsaturated/α-hetero) is 1. The van der Waals surface area contributed by atoms with E-state index in [1.54, 1.807) is 24.3 Å². The molecule has 0 saturated carbocycles. The molecule has 1 aliphatic heterocycles. The van der Waals surface area contributed by atoms with Crippen LogP contribution in [0.25, 0.3) is 10.8 Å². The molecule has 9 nitrogen and oxygen atoms in total. The highest BCUT2D eigenvalue weighted by Crippen LogP contribution is 2.30. The summed E-state index contributed by atoms with van der Waals surface area (Å²) < 4.78 is 4.96. The SMILES string of the molecule is O=C(CCCN1C(=O)c2cccc3cccc(c23)C1=O)OCC(=O)c1cccc([N+](=O)[O-])c1. The lowest BCUT2D eigenvalue weighted by atomic mass is 9.94. The summed E-state index contributed by atoms with van der Waals surface area (Å²) in [4.78, 5) is 61.2. The van der Waals surface area contributed by atoms with Gasteiger partial charge >= 0.3 is 5.97 Å². The maximum atomic E-state index is 12.8. The first-order chi connectivity index (χ1) is 15.9. The van der Waals surface area contributed by atoms with Crippen molar-refractivity contribution < 1.29 is 28.8 Å². The van der Waals surface area contributed by atoms with E-state index in [0.717, 1.165) is 16.4 Å². The molecule has 0 spiro atoms. The summed E-state index contributed by atoms with van der Waals surface area (Å²) in [7, 11) is 0. The van der Waals surface area contributed by atoms with Crippen LogP contribution >= 0.6 is 0 Å². The monoisotopic (exact) mass is 446 g/mol. The van der Waals surface area contributed by atoms with Crippen LogP contribution < -0.4 is 0 Å². The van der Waals surface area contributed by atoms with Gasteiger partial charge in [-0.05, 0) is 23.9 Å². The predicted octanol–water partition coefficient (Wildman–Crippen LogP) is 3.55. The Morgan fingerprint density at radius 3 is 2.21 bits per heavy atom. The number of ether oxygens (including phenoxy) is 1. The smallest absolute Gasteiger partial charge is 0.306 e. The summed E-state index contributed by atoms with van der Waals surface area (Å²) in [5.41, 5.74) is 0.704. The molecule has 33 heavy (non-hydrogen) atoms. The van der Waals surface area contributed by atoms with Crippen LogP contribution in [0.1, 0.15) is 43.9 Å². The van der Waals surface area contributed by atoms with Gasteiger partial charge in [-0.1, -0.05) is 36.4 Å². The van der Waals surface area contributed by atoms with Crippen LogP contribution in [-0.4, -0.2) is 46.5 Å². The number of imide groups is 1. The van der Waals surface area contributed by atoms with Crippen molar-refractivity contribution >= 4 is 40.0 Å². The quantitative estimate of drug-likeness (QED) is 0.170. The Bertz CT molecular complexity index is 1260. The lowest BCUT2D eigenvalue weighted by Gasteiger charge is -2.27. The molecule has 0 unspecified atom stereocenters. The van der Waals surface area contributed by atoms with Crippen LogP contribution in [0, 0.1) is 10.1 Å². The molecule has 0 aromatic heterocycles. The summed E-state index contributed by atoms with van der Waals surface area (Å²) in [6.45, 7) is -0.534. The van der Waals surface area contributed by atoms with Gasteiger partial charge in [0.15, 0.2) is 6.61 Å². The van der Waals surface area contributed by atoms with Crippen molar-refractivity contribution in [3.63, 3.8) is 0 Å². The number of carbonyl (C=O) groups is 4. The van der Waals surface area contributed by atoms with Gasteiger partial charge in [0.05, 0.1) is 4.92 Å². The predicted molar refractivity (Wildman–Crippen MR) is 117 cm³/mol. The molecule has 4 rings (SSSR count). The van der Waals surface area contributed by atoms with E-state index in [0.29, 0.717) is 16.5 Å². The minimum atomic E-state index is -0.673. The summed E-state index contributed by atoms with van der Waals surface area (Å²) >= 11 is 0. The molecule has 0 aliphatic carbocycles. The average molecular weight is 446 g/mol. The topological polar surface area (TPSA) is 124 Å². The Morgan fingerprint density at radius 2 is 1.58 bits per heavy atom. The van der Waals surface area contributed by atoms with Crippen molar-refractivity contribution in [2.24, 2.45) is 0 Å². The molecular weight excluding hydrogens is 428 g/mol. The number of hydrogen-bond donors (Lipinski definition) is 0. The molecule has 0 radical (unpaired) electrons. The van der Waals surface area contributed by atoms with Gasteiger partial charge in [-0.15, -0.1) is 0 Å². The molecule has 1 heterocycles. The van der Waals surface area contributed by atoms with Crippen LogP contribution in [0.2, 0.25) is 0 Å². The third-order valence-electron chi connectivity index (χ3n) is 5.36. The zero-order valence-electron chi connectivity index (χ0n) is 17.4. The maximum absolute atomic E-state index is 12.8. The van der Waals surface area contributed by atoms with Gasteiger partial charge in [0, 0.05) is 47.2 Å². The number of ketones is 1. The van der Waals surface area contributed by atoms with Crippen molar-refractivity contribution in [3.8, 4) is 0 Å². The van der Waals surface area contributed by atoms with Crippen molar-refractivity contribution in [1.29, 1.82) is 0 Å². The molecule has 1 aliphatic rings. The second kappa shape index (κ2) is 8.99. The lowest BCUT2D eigenvalue weighted by molar-refractivity contribution is -0.384. The van der Waals surface area contributed by atoms with E-state index >= 15 is 0 Å². The molecule has 3 aromatic carbocycles. The third kappa shape index (κ3) is 4.33. The molecule has 0 saturated heterocycles. The molecule has 0 atom stereocenters. The Labute approximate surface area is 187 Å². The van der Waals surface area contributed by atoms with Crippen molar-refractivity contribution in [3.05, 3.63) is 87.5 Å². The highest BCUT2D eigenvalue weighted by Gasteiger charge is 2.32. The largest absolute Gasteiger partial charge is 0.457 e. The van der Waals surface area contributed by atoms with Crippen LogP contribution in [-0.2, 0) is 9.53 Å². The summed E-state index contributed by atoms with van der Waals surface area (Å²) in [6, 6.07) is 15.7. The minimum Gasteiger partial charge on any atom is -0.457 e. The number of hydrogen-bond acceptors (Lipinski definition) is 7. The van der Waals surface area contributed by atoms with Crippen molar-refractivity contribution in [2.75, 3.05) is 13.2 Å². The molecule has 166 valence electrons. The fourth-order valence-electron chi connectivity index (χ4n) is 3.76. The highest BCUT2D eigenvalue weighted by atomic mass is 16.6. The number of carbonyl (C=O) groups excluding carboxylic acids is 4. The van der Waals surface area contributed by atoms with E-state index in [9.17, 15) is 29.3 Å². The molecule has 0 N–H and O–H groups in total. The molecule has 0 bridgehead atoms. The van der Waals surface area contributed by atoms with Gasteiger partial charge < -0.3 is 4.74 Å². The summed E-state index contributed by atoms with van der Waals surface area (Å²) in [5.74, 6) is -2.08. The van der Waals surface area contributed by atoms with Gasteiger partial charge in [0.25, 0.3) is 17.5 Å². The number of nitrogens with zero attached hydrogens (tertiary/aromatic N) is 2. The summed E-state index contributed by atoms with van der Waals surface area (Å²) in [5, 5.41) is 12.3. The fourth-order valence-corrected chi connectivity index (χ4v) is 3.76. The molecular formula is C24H18N2O7. The maximum Gasteiger partial charge on any atom is 0.306 e. The molecule has 3 aromatic rings. The van der Waals surface area contributed by atoms with Crippen molar-refractivity contribution in [1.82, 2.24) is 4.90 Å². The Hall–Kier alpha value is -4.40. The normalized spacial score (nSPS) is 12.7. The van der Waals surface area contributed by atoms with Crippen LogP contribution in [0.4, 0.5) is 5.69 Å². The first-order valence-electron chi connectivity index (χ1n) is 10.2. The van der Waals surface area contributed by atoms with Crippen LogP contribution in [0.5, 0.6) is 0 Å². The first-order valence-corrected chi connectivity index (χ1v) is 10.2. The number of benzene rings is 3. The number of esters is 1. The Balaban J connectivity index is 1.32. The van der Waals surface area contributed by atoms with Gasteiger partial charge in [-0.2, -0.15) is 0 Å². The Morgan fingerprint density at radius 1 is 0.939 bits per heavy atom. The number of non-ortho nitro benzene ring substituents is 1. The van der Waals surface area contributed by atoms with E-state index in [-0.39, 0.29) is 30.6 Å².